The molecule has 1 aromatic rings. The number of hydrogen-bond donors (Lipinski definition) is 1. The maximum atomic E-state index is 12.0. The third-order valence-corrected chi connectivity index (χ3v) is 2.88. The van der Waals surface area contributed by atoms with Crippen molar-refractivity contribution in [2.45, 2.75) is 31.5 Å². The van der Waals surface area contributed by atoms with E-state index < -0.39 is 18.7 Å². The van der Waals surface area contributed by atoms with E-state index in [4.69, 9.17) is 4.74 Å². The number of anilines is 1. The highest BCUT2D eigenvalue weighted by atomic mass is 19.4. The molecule has 0 bridgehead atoms. The molecular formula is C13H14F3NO2. The van der Waals surface area contributed by atoms with Crippen LogP contribution in [-0.2, 0) is 4.79 Å². The summed E-state index contributed by atoms with van der Waals surface area (Å²) in [6.45, 7) is 0.294. The zero-order valence-corrected chi connectivity index (χ0v) is 10.2. The lowest BCUT2D eigenvalue weighted by Crippen LogP contribution is -2.37. The minimum Gasteiger partial charge on any atom is -0.479 e. The van der Waals surface area contributed by atoms with Gasteiger partial charge in [-0.2, -0.15) is 13.2 Å². The number of para-hydroxylation sites is 2. The normalized spacial score (nSPS) is 18.2. The van der Waals surface area contributed by atoms with Gasteiger partial charge < -0.3 is 10.1 Å². The second kappa shape index (κ2) is 5.50. The van der Waals surface area contributed by atoms with Crippen molar-refractivity contribution in [1.29, 1.82) is 0 Å². The van der Waals surface area contributed by atoms with E-state index in [0.29, 0.717) is 12.3 Å². The lowest BCUT2D eigenvalue weighted by Gasteiger charge is -2.26. The molecule has 0 saturated carbocycles. The summed E-state index contributed by atoms with van der Waals surface area (Å²) in [6.07, 6.45) is -6.16. The Bertz CT molecular complexity index is 459. The van der Waals surface area contributed by atoms with Gasteiger partial charge in [0.05, 0.1) is 12.2 Å². The number of rotatable bonds is 4. The van der Waals surface area contributed by atoms with Crippen LogP contribution < -0.4 is 10.1 Å². The molecule has 0 saturated heterocycles. The highest BCUT2D eigenvalue weighted by Gasteiger charge is 2.29. The topological polar surface area (TPSA) is 38.3 Å². The molecule has 1 unspecified atom stereocenters. The predicted octanol–water partition coefficient (Wildman–Crippen LogP) is 3.16. The first-order chi connectivity index (χ1) is 8.96. The fourth-order valence-electron chi connectivity index (χ4n) is 1.92. The second-order valence-corrected chi connectivity index (χ2v) is 4.42. The number of fused-ring (bicyclic) bond motifs is 1. The van der Waals surface area contributed by atoms with E-state index in [1.54, 1.807) is 12.1 Å². The SMILES string of the molecule is O=C(CCCC(F)(F)F)C1CNc2ccccc2O1. The molecule has 104 valence electrons. The summed E-state index contributed by atoms with van der Waals surface area (Å²) in [4.78, 5) is 11.8. The molecule has 3 nitrogen and oxygen atoms in total. The molecule has 19 heavy (non-hydrogen) atoms. The lowest BCUT2D eigenvalue weighted by atomic mass is 10.1. The second-order valence-electron chi connectivity index (χ2n) is 4.42. The van der Waals surface area contributed by atoms with Gasteiger partial charge in [-0.3, -0.25) is 4.79 Å². The van der Waals surface area contributed by atoms with Crippen LogP contribution in [0.25, 0.3) is 0 Å². The number of Topliss-reactive ketones (excluding diaryl/α,β-unsaturated/α-hetero) is 1. The van der Waals surface area contributed by atoms with Crippen LogP contribution in [0.2, 0.25) is 0 Å². The van der Waals surface area contributed by atoms with Crippen LogP contribution in [0.3, 0.4) is 0 Å². The molecule has 1 aromatic carbocycles. The van der Waals surface area contributed by atoms with Crippen molar-refractivity contribution in [3.8, 4) is 5.75 Å². The van der Waals surface area contributed by atoms with Gasteiger partial charge in [-0.05, 0) is 18.6 Å². The maximum absolute atomic E-state index is 12.0. The van der Waals surface area contributed by atoms with E-state index in [1.165, 1.54) is 0 Å². The Morgan fingerprint density at radius 3 is 2.84 bits per heavy atom. The van der Waals surface area contributed by atoms with Crippen molar-refractivity contribution < 1.29 is 22.7 Å². The highest BCUT2D eigenvalue weighted by molar-refractivity contribution is 5.85. The zero-order valence-electron chi connectivity index (χ0n) is 10.2. The Labute approximate surface area is 108 Å². The first-order valence-corrected chi connectivity index (χ1v) is 6.05. The molecule has 2 rings (SSSR count). The molecule has 0 aromatic heterocycles. The van der Waals surface area contributed by atoms with Crippen LogP contribution in [-0.4, -0.2) is 24.6 Å². The molecule has 0 radical (unpaired) electrons. The molecule has 1 heterocycles. The fourth-order valence-corrected chi connectivity index (χ4v) is 1.92. The molecule has 1 aliphatic rings. The molecule has 0 aliphatic carbocycles. The van der Waals surface area contributed by atoms with Crippen molar-refractivity contribution in [1.82, 2.24) is 0 Å². The summed E-state index contributed by atoms with van der Waals surface area (Å²) < 4.78 is 41.5. The Kier molecular flexibility index (Phi) is 3.97. The van der Waals surface area contributed by atoms with Crippen LogP contribution in [0.5, 0.6) is 5.75 Å². The van der Waals surface area contributed by atoms with Gasteiger partial charge in [0.1, 0.15) is 5.75 Å². The summed E-state index contributed by atoms with van der Waals surface area (Å²) >= 11 is 0. The molecular weight excluding hydrogens is 259 g/mol. The Hall–Kier alpha value is -1.72. The monoisotopic (exact) mass is 273 g/mol. The number of hydrogen-bond acceptors (Lipinski definition) is 3. The number of benzene rings is 1. The molecule has 6 heteroatoms. The Morgan fingerprint density at radius 1 is 1.37 bits per heavy atom. The maximum Gasteiger partial charge on any atom is 0.389 e. The first-order valence-electron chi connectivity index (χ1n) is 6.05. The van der Waals surface area contributed by atoms with Crippen LogP contribution in [0.15, 0.2) is 24.3 Å². The summed E-state index contributed by atoms with van der Waals surface area (Å²) in [5.74, 6) is 0.258. The Balaban J connectivity index is 1.85. The van der Waals surface area contributed by atoms with Crippen LogP contribution in [0, 0.1) is 0 Å². The molecule has 1 N–H and O–H groups in total. The van der Waals surface area contributed by atoms with E-state index in [9.17, 15) is 18.0 Å². The van der Waals surface area contributed by atoms with E-state index in [-0.39, 0.29) is 18.6 Å². The average molecular weight is 273 g/mol. The van der Waals surface area contributed by atoms with Gasteiger partial charge in [-0.25, -0.2) is 0 Å². The molecule has 1 atom stereocenters. The van der Waals surface area contributed by atoms with Crippen molar-refractivity contribution in [3.05, 3.63) is 24.3 Å². The summed E-state index contributed by atoms with van der Waals surface area (Å²) in [7, 11) is 0. The van der Waals surface area contributed by atoms with Gasteiger partial charge in [0, 0.05) is 12.8 Å². The summed E-state index contributed by atoms with van der Waals surface area (Å²) in [6, 6.07) is 7.15. The summed E-state index contributed by atoms with van der Waals surface area (Å²) in [5, 5.41) is 3.03. The Morgan fingerprint density at radius 2 is 2.11 bits per heavy atom. The van der Waals surface area contributed by atoms with Gasteiger partial charge >= 0.3 is 6.18 Å². The van der Waals surface area contributed by atoms with Crippen molar-refractivity contribution in [2.24, 2.45) is 0 Å². The number of ether oxygens (including phenoxy) is 1. The molecule has 0 spiro atoms. The van der Waals surface area contributed by atoms with Gasteiger partial charge in [-0.15, -0.1) is 0 Å². The van der Waals surface area contributed by atoms with E-state index in [1.807, 2.05) is 12.1 Å². The largest absolute Gasteiger partial charge is 0.479 e. The van der Waals surface area contributed by atoms with Crippen molar-refractivity contribution >= 4 is 11.5 Å². The lowest BCUT2D eigenvalue weighted by molar-refractivity contribution is -0.138. The van der Waals surface area contributed by atoms with Crippen molar-refractivity contribution in [2.75, 3.05) is 11.9 Å². The first kappa shape index (κ1) is 13.7. The third kappa shape index (κ3) is 3.87. The van der Waals surface area contributed by atoms with E-state index >= 15 is 0 Å². The van der Waals surface area contributed by atoms with Crippen molar-refractivity contribution in [3.63, 3.8) is 0 Å². The van der Waals surface area contributed by atoms with Crippen LogP contribution in [0.4, 0.5) is 18.9 Å². The fraction of sp³-hybridized carbons (Fsp3) is 0.462. The smallest absolute Gasteiger partial charge is 0.389 e. The molecule has 0 amide bonds. The average Bonchev–Trinajstić information content (AvgIpc) is 2.36. The minimum absolute atomic E-state index is 0.117. The highest BCUT2D eigenvalue weighted by Crippen LogP contribution is 2.29. The number of alkyl halides is 3. The van der Waals surface area contributed by atoms with Gasteiger partial charge in [0.15, 0.2) is 11.9 Å². The number of carbonyl (C=O) groups is 1. The molecule has 1 aliphatic heterocycles. The minimum atomic E-state index is -4.21. The van der Waals surface area contributed by atoms with Gasteiger partial charge in [0.2, 0.25) is 0 Å². The quantitative estimate of drug-likeness (QED) is 0.915. The van der Waals surface area contributed by atoms with E-state index in [0.717, 1.165) is 5.69 Å². The number of nitrogens with one attached hydrogen (secondary N) is 1. The summed E-state index contributed by atoms with van der Waals surface area (Å²) in [5.41, 5.74) is 0.793. The van der Waals surface area contributed by atoms with Gasteiger partial charge in [-0.1, -0.05) is 12.1 Å². The zero-order chi connectivity index (χ0) is 13.9. The number of halogens is 3. The number of ketones is 1. The van der Waals surface area contributed by atoms with Crippen LogP contribution >= 0.6 is 0 Å². The predicted molar refractivity (Wildman–Crippen MR) is 64.3 cm³/mol. The standard InChI is InChI=1S/C13H14F3NO2/c14-13(15,16)7-3-5-10(18)12-8-17-9-4-1-2-6-11(9)19-12/h1-2,4,6,12,17H,3,5,7-8H2. The number of carbonyl (C=O) groups excluding carboxylic acids is 1. The van der Waals surface area contributed by atoms with E-state index in [2.05, 4.69) is 5.32 Å². The van der Waals surface area contributed by atoms with Gasteiger partial charge in [0.25, 0.3) is 0 Å². The van der Waals surface area contributed by atoms with Crippen LogP contribution in [0.1, 0.15) is 19.3 Å². The molecule has 0 fully saturated rings. The third-order valence-electron chi connectivity index (χ3n) is 2.88.